The van der Waals surface area contributed by atoms with Crippen LogP contribution in [-0.2, 0) is 0 Å². The summed E-state index contributed by atoms with van der Waals surface area (Å²) >= 11 is 0. The Morgan fingerprint density at radius 2 is 1.91 bits per heavy atom. The van der Waals surface area contributed by atoms with E-state index in [1.165, 1.54) is 12.7 Å². The van der Waals surface area contributed by atoms with Gasteiger partial charge in [-0.3, -0.25) is 10.1 Å². The SMILES string of the molecule is COc1cc(F)c([N+](=O)[O-])cc1Nc1nc(C2CN(C)c3ccccc32)c2ccccc2n1. The normalized spacial score (nSPS) is 14.9. The van der Waals surface area contributed by atoms with E-state index in [9.17, 15) is 14.5 Å². The quantitative estimate of drug-likeness (QED) is 0.341. The number of fused-ring (bicyclic) bond motifs is 2. The monoisotopic (exact) mass is 445 g/mol. The highest BCUT2D eigenvalue weighted by Crippen LogP contribution is 2.41. The van der Waals surface area contributed by atoms with E-state index in [2.05, 4.69) is 27.3 Å². The molecule has 1 atom stereocenters. The Kier molecular flexibility index (Phi) is 5.01. The summed E-state index contributed by atoms with van der Waals surface area (Å²) in [5, 5.41) is 15.2. The molecule has 0 amide bonds. The van der Waals surface area contributed by atoms with Crippen molar-refractivity contribution in [3.63, 3.8) is 0 Å². The van der Waals surface area contributed by atoms with E-state index in [0.29, 0.717) is 0 Å². The van der Waals surface area contributed by atoms with Crippen LogP contribution in [0.5, 0.6) is 5.75 Å². The fourth-order valence-corrected chi connectivity index (χ4v) is 4.33. The predicted molar refractivity (Wildman–Crippen MR) is 124 cm³/mol. The van der Waals surface area contributed by atoms with Crippen LogP contribution in [0.15, 0.2) is 60.7 Å². The molecule has 1 aliphatic heterocycles. The van der Waals surface area contributed by atoms with Crippen molar-refractivity contribution < 1.29 is 14.1 Å². The van der Waals surface area contributed by atoms with Gasteiger partial charge in [-0.05, 0) is 17.7 Å². The van der Waals surface area contributed by atoms with Gasteiger partial charge in [0.05, 0.1) is 28.9 Å². The minimum Gasteiger partial charge on any atom is -0.494 e. The molecule has 0 saturated carbocycles. The predicted octanol–water partition coefficient (Wildman–Crippen LogP) is 5.01. The van der Waals surface area contributed by atoms with Crippen molar-refractivity contribution in [2.45, 2.75) is 5.92 Å². The lowest BCUT2D eigenvalue weighted by Gasteiger charge is -2.17. The number of nitro groups is 1. The average Bonchev–Trinajstić information content (AvgIpc) is 3.15. The maximum absolute atomic E-state index is 14.1. The number of methoxy groups -OCH3 is 1. The molecule has 166 valence electrons. The molecular formula is C24H20FN5O3. The summed E-state index contributed by atoms with van der Waals surface area (Å²) in [7, 11) is 3.41. The van der Waals surface area contributed by atoms with E-state index in [0.717, 1.165) is 41.0 Å². The second kappa shape index (κ2) is 8.01. The lowest BCUT2D eigenvalue weighted by molar-refractivity contribution is -0.387. The van der Waals surface area contributed by atoms with Gasteiger partial charge in [-0.2, -0.15) is 4.39 Å². The van der Waals surface area contributed by atoms with Gasteiger partial charge in [-0.25, -0.2) is 9.97 Å². The molecule has 9 heteroatoms. The molecule has 8 nitrogen and oxygen atoms in total. The third-order valence-corrected chi connectivity index (χ3v) is 5.85. The Balaban J connectivity index is 1.64. The molecule has 0 spiro atoms. The molecule has 2 heterocycles. The van der Waals surface area contributed by atoms with Gasteiger partial charge in [0.1, 0.15) is 5.75 Å². The topological polar surface area (TPSA) is 93.4 Å². The second-order valence-corrected chi connectivity index (χ2v) is 7.83. The van der Waals surface area contributed by atoms with Crippen LogP contribution in [0.1, 0.15) is 17.2 Å². The number of aromatic nitrogens is 2. The first kappa shape index (κ1) is 20.6. The van der Waals surface area contributed by atoms with Gasteiger partial charge in [0.2, 0.25) is 11.8 Å². The zero-order valence-electron chi connectivity index (χ0n) is 17.9. The standard InChI is InChI=1S/C24H20FN5O3/c1-29-13-16(14-7-4-6-10-20(14)29)23-15-8-3-5-9-18(15)26-24(28-23)27-19-12-21(30(31)32)17(25)11-22(19)33-2/h3-12,16H,13H2,1-2H3,(H,26,27,28). The van der Waals surface area contributed by atoms with E-state index in [4.69, 9.17) is 9.72 Å². The lowest BCUT2D eigenvalue weighted by atomic mass is 9.95. The minimum absolute atomic E-state index is 0.0177. The fraction of sp³-hybridized carbons (Fsp3) is 0.167. The average molecular weight is 445 g/mol. The number of likely N-dealkylation sites (N-methyl/N-ethyl adjacent to an activating group) is 1. The van der Waals surface area contributed by atoms with E-state index in [1.54, 1.807) is 0 Å². The third-order valence-electron chi connectivity index (χ3n) is 5.85. The van der Waals surface area contributed by atoms with Crippen LogP contribution in [0.25, 0.3) is 10.9 Å². The molecule has 1 N–H and O–H groups in total. The van der Waals surface area contributed by atoms with Crippen molar-refractivity contribution in [1.82, 2.24) is 9.97 Å². The number of benzene rings is 3. The van der Waals surface area contributed by atoms with E-state index >= 15 is 0 Å². The van der Waals surface area contributed by atoms with Crippen molar-refractivity contribution in [3.8, 4) is 5.75 Å². The Hall–Kier alpha value is -4.27. The summed E-state index contributed by atoms with van der Waals surface area (Å²) in [6.45, 7) is 0.755. The van der Waals surface area contributed by atoms with Gasteiger partial charge in [-0.1, -0.05) is 36.4 Å². The number of nitrogens with zero attached hydrogens (tertiary/aromatic N) is 4. The molecule has 0 fully saturated rings. The highest BCUT2D eigenvalue weighted by molar-refractivity contribution is 5.84. The van der Waals surface area contributed by atoms with Crippen molar-refractivity contribution >= 4 is 33.9 Å². The van der Waals surface area contributed by atoms with Crippen LogP contribution in [0.3, 0.4) is 0 Å². The molecule has 0 bridgehead atoms. The number of hydrogen-bond acceptors (Lipinski definition) is 7. The number of hydrogen-bond donors (Lipinski definition) is 1. The molecule has 0 aliphatic carbocycles. The van der Waals surface area contributed by atoms with Crippen molar-refractivity contribution in [3.05, 3.63) is 87.9 Å². The molecule has 1 aromatic heterocycles. The first-order chi connectivity index (χ1) is 16.0. The molecule has 0 radical (unpaired) electrons. The van der Waals surface area contributed by atoms with Crippen LogP contribution in [0.4, 0.5) is 27.4 Å². The maximum Gasteiger partial charge on any atom is 0.307 e. The first-order valence-corrected chi connectivity index (χ1v) is 10.3. The minimum atomic E-state index is -0.979. The summed E-state index contributed by atoms with van der Waals surface area (Å²) < 4.78 is 19.3. The number of ether oxygens (including phenoxy) is 1. The number of halogens is 1. The van der Waals surface area contributed by atoms with E-state index < -0.39 is 16.4 Å². The highest BCUT2D eigenvalue weighted by atomic mass is 19.1. The van der Waals surface area contributed by atoms with Gasteiger partial charge in [0.25, 0.3) is 0 Å². The van der Waals surface area contributed by atoms with Crippen molar-refractivity contribution in [2.75, 3.05) is 30.9 Å². The summed E-state index contributed by atoms with van der Waals surface area (Å²) in [4.78, 5) is 22.1. The van der Waals surface area contributed by atoms with Gasteiger partial charge in [0, 0.05) is 42.7 Å². The van der Waals surface area contributed by atoms with Crippen LogP contribution in [0, 0.1) is 15.9 Å². The molecule has 4 aromatic rings. The number of anilines is 3. The summed E-state index contributed by atoms with van der Waals surface area (Å²) in [6, 6.07) is 18.0. The van der Waals surface area contributed by atoms with E-state index in [-0.39, 0.29) is 23.3 Å². The molecule has 1 unspecified atom stereocenters. The van der Waals surface area contributed by atoms with Gasteiger partial charge >= 0.3 is 5.69 Å². The molecular weight excluding hydrogens is 425 g/mol. The molecule has 3 aromatic carbocycles. The zero-order chi connectivity index (χ0) is 23.1. The second-order valence-electron chi connectivity index (χ2n) is 7.83. The Morgan fingerprint density at radius 1 is 1.15 bits per heavy atom. The van der Waals surface area contributed by atoms with Crippen LogP contribution >= 0.6 is 0 Å². The van der Waals surface area contributed by atoms with E-state index in [1.807, 2.05) is 43.4 Å². The molecule has 33 heavy (non-hydrogen) atoms. The largest absolute Gasteiger partial charge is 0.494 e. The van der Waals surface area contributed by atoms with Crippen molar-refractivity contribution in [2.24, 2.45) is 0 Å². The van der Waals surface area contributed by atoms with Gasteiger partial charge < -0.3 is 15.0 Å². The lowest BCUT2D eigenvalue weighted by Crippen LogP contribution is -2.17. The Labute approximate surface area is 188 Å². The van der Waals surface area contributed by atoms with Gasteiger partial charge in [0.15, 0.2) is 0 Å². The molecule has 0 saturated heterocycles. The number of nitrogens with one attached hydrogen (secondary N) is 1. The summed E-state index contributed by atoms with van der Waals surface area (Å²) in [5.74, 6) is -0.602. The van der Waals surface area contributed by atoms with Crippen molar-refractivity contribution in [1.29, 1.82) is 0 Å². The number of nitro benzene ring substituents is 1. The number of rotatable bonds is 5. The summed E-state index contributed by atoms with van der Waals surface area (Å²) in [6.07, 6.45) is 0. The van der Waals surface area contributed by atoms with Crippen LogP contribution in [-0.4, -0.2) is 35.6 Å². The van der Waals surface area contributed by atoms with Crippen LogP contribution < -0.4 is 15.0 Å². The first-order valence-electron chi connectivity index (χ1n) is 10.3. The van der Waals surface area contributed by atoms with Crippen LogP contribution in [0.2, 0.25) is 0 Å². The summed E-state index contributed by atoms with van der Waals surface area (Å²) in [5.41, 5.74) is 3.44. The Morgan fingerprint density at radius 3 is 2.70 bits per heavy atom. The smallest absolute Gasteiger partial charge is 0.307 e. The Bertz CT molecular complexity index is 1390. The third kappa shape index (κ3) is 3.57. The fourth-order valence-electron chi connectivity index (χ4n) is 4.33. The zero-order valence-corrected chi connectivity index (χ0v) is 17.9. The molecule has 1 aliphatic rings. The van der Waals surface area contributed by atoms with Gasteiger partial charge in [-0.15, -0.1) is 0 Å². The number of para-hydroxylation sites is 2. The molecule has 5 rings (SSSR count). The highest BCUT2D eigenvalue weighted by Gasteiger charge is 2.30. The maximum atomic E-state index is 14.1.